The lowest BCUT2D eigenvalue weighted by atomic mass is 9.87. The Balaban J connectivity index is 0.000000317. The number of piperidine rings is 1. The van der Waals surface area contributed by atoms with Crippen LogP contribution < -0.4 is 5.32 Å². The Bertz CT molecular complexity index is 903. The summed E-state index contributed by atoms with van der Waals surface area (Å²) >= 11 is 0. The van der Waals surface area contributed by atoms with Crippen molar-refractivity contribution in [3.8, 4) is 0 Å². The van der Waals surface area contributed by atoms with Gasteiger partial charge < -0.3 is 29.9 Å². The molecule has 10 nitrogen and oxygen atoms in total. The summed E-state index contributed by atoms with van der Waals surface area (Å²) in [5.74, 6) is -3.87. The first-order valence-corrected chi connectivity index (χ1v) is 12.2. The van der Waals surface area contributed by atoms with Crippen molar-refractivity contribution in [3.63, 3.8) is 0 Å². The Morgan fingerprint density at radius 2 is 1.67 bits per heavy atom. The predicted octanol–water partition coefficient (Wildman–Crippen LogP) is 3.51. The molecule has 2 atom stereocenters. The number of carboxylic acid groups (broad SMARTS) is 2. The molecule has 0 amide bonds. The number of aromatic nitrogens is 2. The van der Waals surface area contributed by atoms with E-state index in [2.05, 4.69) is 20.4 Å². The van der Waals surface area contributed by atoms with Crippen LogP contribution in [-0.4, -0.2) is 101 Å². The van der Waals surface area contributed by atoms with Gasteiger partial charge in [0, 0.05) is 32.7 Å². The summed E-state index contributed by atoms with van der Waals surface area (Å²) in [5.41, 5.74) is 0.972. The van der Waals surface area contributed by atoms with Gasteiger partial charge in [-0.2, -0.15) is 31.4 Å². The van der Waals surface area contributed by atoms with Crippen molar-refractivity contribution in [2.45, 2.75) is 63.0 Å². The van der Waals surface area contributed by atoms with Crippen LogP contribution >= 0.6 is 0 Å². The number of alkyl halides is 6. The van der Waals surface area contributed by atoms with Crippen LogP contribution in [0.15, 0.2) is 12.1 Å². The zero-order valence-corrected chi connectivity index (χ0v) is 21.2. The molecule has 1 aromatic rings. The van der Waals surface area contributed by atoms with Gasteiger partial charge in [0.25, 0.3) is 0 Å². The Morgan fingerprint density at radius 3 is 2.18 bits per heavy atom. The number of halogens is 6. The van der Waals surface area contributed by atoms with Crippen molar-refractivity contribution in [2.24, 2.45) is 5.92 Å². The minimum absolute atomic E-state index is 0.0270. The molecule has 4 rings (SSSR count). The summed E-state index contributed by atoms with van der Waals surface area (Å²) < 4.78 is 75.3. The largest absolute Gasteiger partial charge is 0.490 e. The number of carboxylic acids is 2. The molecule has 3 saturated heterocycles. The van der Waals surface area contributed by atoms with E-state index in [4.69, 9.17) is 29.3 Å². The van der Waals surface area contributed by atoms with Crippen LogP contribution in [0.25, 0.3) is 0 Å². The van der Waals surface area contributed by atoms with Crippen LogP contribution in [0.4, 0.5) is 32.2 Å². The summed E-state index contributed by atoms with van der Waals surface area (Å²) in [7, 11) is 0. The Morgan fingerprint density at radius 1 is 1.08 bits per heavy atom. The quantitative estimate of drug-likeness (QED) is 0.459. The maximum absolute atomic E-state index is 10.6. The van der Waals surface area contributed by atoms with Gasteiger partial charge in [-0.05, 0) is 57.2 Å². The molecule has 0 aromatic carbocycles. The minimum Gasteiger partial charge on any atom is -0.475 e. The number of hydrogen-bond acceptors (Lipinski definition) is 8. The third kappa shape index (κ3) is 11.5. The number of nitrogens with zero attached hydrogens (tertiary/aromatic N) is 3. The average Bonchev–Trinajstić information content (AvgIpc) is 3.22. The minimum atomic E-state index is -5.08. The van der Waals surface area contributed by atoms with Crippen molar-refractivity contribution in [1.82, 2.24) is 15.1 Å². The number of anilines is 1. The lowest BCUT2D eigenvalue weighted by Crippen LogP contribution is -2.49. The number of aryl methyl sites for hydroxylation is 1. The fourth-order valence-electron chi connectivity index (χ4n) is 4.55. The third-order valence-electron chi connectivity index (χ3n) is 6.32. The second kappa shape index (κ2) is 14.1. The van der Waals surface area contributed by atoms with Crippen molar-refractivity contribution in [3.05, 3.63) is 17.8 Å². The number of nitrogens with one attached hydrogen (secondary N) is 1. The molecule has 39 heavy (non-hydrogen) atoms. The zero-order chi connectivity index (χ0) is 29.3. The lowest BCUT2D eigenvalue weighted by molar-refractivity contribution is -0.193. The monoisotopic (exact) mass is 574 g/mol. The molecule has 16 heteroatoms. The van der Waals surface area contributed by atoms with Crippen molar-refractivity contribution < 1.29 is 55.6 Å². The maximum Gasteiger partial charge on any atom is 0.490 e. The van der Waals surface area contributed by atoms with Crippen LogP contribution in [0.1, 0.15) is 37.8 Å². The average molecular weight is 575 g/mol. The maximum atomic E-state index is 10.6. The van der Waals surface area contributed by atoms with E-state index in [9.17, 15) is 26.3 Å². The summed E-state index contributed by atoms with van der Waals surface area (Å²) in [6, 6.07) is 4.34. The van der Waals surface area contributed by atoms with Crippen molar-refractivity contribution >= 4 is 17.8 Å². The van der Waals surface area contributed by atoms with Crippen LogP contribution in [0, 0.1) is 12.8 Å². The van der Waals surface area contributed by atoms with E-state index in [0.717, 1.165) is 50.2 Å². The first kappa shape index (κ1) is 32.5. The van der Waals surface area contributed by atoms with Gasteiger partial charge in [0.05, 0.1) is 23.9 Å². The summed E-state index contributed by atoms with van der Waals surface area (Å²) in [5, 5.41) is 26.1. The number of carbonyl (C=O) groups is 2. The molecule has 3 fully saturated rings. The van der Waals surface area contributed by atoms with Crippen LogP contribution in [-0.2, 0) is 19.1 Å². The van der Waals surface area contributed by atoms with Gasteiger partial charge in [0.2, 0.25) is 0 Å². The molecule has 2 unspecified atom stereocenters. The zero-order valence-electron chi connectivity index (χ0n) is 21.2. The van der Waals surface area contributed by atoms with Crippen LogP contribution in [0.2, 0.25) is 0 Å². The predicted molar refractivity (Wildman–Crippen MR) is 124 cm³/mol. The topological polar surface area (TPSA) is 134 Å². The van der Waals surface area contributed by atoms with Gasteiger partial charge in [-0.15, -0.1) is 5.10 Å². The van der Waals surface area contributed by atoms with E-state index in [0.29, 0.717) is 6.04 Å². The van der Waals surface area contributed by atoms with E-state index in [1.54, 1.807) is 0 Å². The standard InChI is InChI=1S/C19H30N4O2.2C2HF3O2/c1-15-3-4-18(22-21-15)20-17-11-19(25-13-17)7-2-8-23(14-19)12-16-5-9-24-10-6-16;2*3-2(4,5)1(6)7/h3-4,16-17H,2,5-14H2,1H3,(H,20,22);2*(H,6,7). The van der Waals surface area contributed by atoms with E-state index >= 15 is 0 Å². The number of likely N-dealkylation sites (tertiary alicyclic amines) is 1. The molecule has 0 bridgehead atoms. The highest BCUT2D eigenvalue weighted by Gasteiger charge is 2.44. The molecular formula is C23H32F6N4O6. The molecule has 222 valence electrons. The van der Waals surface area contributed by atoms with E-state index in [1.807, 2.05) is 19.1 Å². The summed E-state index contributed by atoms with van der Waals surface area (Å²) in [4.78, 5) is 20.4. The molecule has 4 heterocycles. The van der Waals surface area contributed by atoms with Gasteiger partial charge in [0.1, 0.15) is 5.82 Å². The molecule has 1 aromatic heterocycles. The summed E-state index contributed by atoms with van der Waals surface area (Å²) in [6.07, 6.45) is -4.27. The molecule has 0 saturated carbocycles. The molecule has 0 radical (unpaired) electrons. The molecule has 1 spiro atoms. The van der Waals surface area contributed by atoms with Crippen LogP contribution in [0.3, 0.4) is 0 Å². The highest BCUT2D eigenvalue weighted by Crippen LogP contribution is 2.36. The molecule has 3 aliphatic heterocycles. The van der Waals surface area contributed by atoms with Gasteiger partial charge in [-0.3, -0.25) is 0 Å². The fourth-order valence-corrected chi connectivity index (χ4v) is 4.55. The summed E-state index contributed by atoms with van der Waals surface area (Å²) in [6.45, 7) is 8.08. The van der Waals surface area contributed by atoms with Gasteiger partial charge in [-0.25, -0.2) is 9.59 Å². The molecule has 0 aliphatic carbocycles. The fraction of sp³-hybridized carbons (Fsp3) is 0.739. The normalized spacial score (nSPS) is 24.2. The highest BCUT2D eigenvalue weighted by atomic mass is 19.4. The van der Waals surface area contributed by atoms with Crippen LogP contribution in [0.5, 0.6) is 0 Å². The van der Waals surface area contributed by atoms with Gasteiger partial charge >= 0.3 is 24.3 Å². The second-order valence-corrected chi connectivity index (χ2v) is 9.60. The Hall–Kier alpha value is -2.72. The third-order valence-corrected chi connectivity index (χ3v) is 6.32. The number of aliphatic carboxylic acids is 2. The SMILES string of the molecule is Cc1ccc(NC2COC3(CCCN(CC4CCOCC4)C3)C2)nn1.O=C(O)C(F)(F)F.O=C(O)C(F)(F)F. The first-order chi connectivity index (χ1) is 18.1. The van der Waals surface area contributed by atoms with Gasteiger partial charge in [-0.1, -0.05) is 0 Å². The Labute approximate surface area is 220 Å². The number of rotatable bonds is 4. The highest BCUT2D eigenvalue weighted by molar-refractivity contribution is 5.73. The van der Waals surface area contributed by atoms with Gasteiger partial charge in [0.15, 0.2) is 0 Å². The van der Waals surface area contributed by atoms with E-state index in [1.165, 1.54) is 38.8 Å². The number of ether oxygens (including phenoxy) is 2. The second-order valence-electron chi connectivity index (χ2n) is 9.60. The lowest BCUT2D eigenvalue weighted by Gasteiger charge is -2.41. The molecule has 3 N–H and O–H groups in total. The first-order valence-electron chi connectivity index (χ1n) is 12.2. The Kier molecular flexibility index (Phi) is 11.7. The number of hydrogen-bond donors (Lipinski definition) is 3. The molecule has 3 aliphatic rings. The smallest absolute Gasteiger partial charge is 0.475 e. The van der Waals surface area contributed by atoms with Crippen molar-refractivity contribution in [2.75, 3.05) is 44.8 Å². The van der Waals surface area contributed by atoms with Crippen molar-refractivity contribution in [1.29, 1.82) is 0 Å². The van der Waals surface area contributed by atoms with E-state index in [-0.39, 0.29) is 5.60 Å². The van der Waals surface area contributed by atoms with E-state index < -0.39 is 24.3 Å². The molecular weight excluding hydrogens is 542 g/mol.